The van der Waals surface area contributed by atoms with Crippen molar-refractivity contribution in [2.45, 2.75) is 37.8 Å². The first kappa shape index (κ1) is 11.5. The zero-order valence-electron chi connectivity index (χ0n) is 10.3. The van der Waals surface area contributed by atoms with Gasteiger partial charge in [-0.25, -0.2) is 4.98 Å². The van der Waals surface area contributed by atoms with Gasteiger partial charge >= 0.3 is 0 Å². The highest BCUT2D eigenvalue weighted by Crippen LogP contribution is 2.36. The van der Waals surface area contributed by atoms with E-state index in [0.717, 1.165) is 25.3 Å². The summed E-state index contributed by atoms with van der Waals surface area (Å²) in [6.07, 6.45) is 6.77. The van der Waals surface area contributed by atoms with Crippen LogP contribution in [0, 0.1) is 17.2 Å². The number of ether oxygens (including phenoxy) is 1. The zero-order chi connectivity index (χ0) is 12.4. The average Bonchev–Trinajstić information content (AvgIpc) is 2.89. The maximum atomic E-state index is 9.08. The lowest BCUT2D eigenvalue weighted by Crippen LogP contribution is -2.38. The molecule has 3 atom stereocenters. The summed E-state index contributed by atoms with van der Waals surface area (Å²) in [5.74, 6) is 1.30. The predicted octanol–water partition coefficient (Wildman–Crippen LogP) is 2.32. The number of nitrogens with zero attached hydrogens (tertiary/aromatic N) is 2. The summed E-state index contributed by atoms with van der Waals surface area (Å²) in [4.78, 5) is 4.28. The molecule has 94 valence electrons. The highest BCUT2D eigenvalue weighted by molar-refractivity contribution is 5.51. The third-order valence-electron chi connectivity index (χ3n) is 4.03. The monoisotopic (exact) mass is 243 g/mol. The van der Waals surface area contributed by atoms with Gasteiger partial charge in [-0.2, -0.15) is 5.26 Å². The minimum atomic E-state index is 0.397. The lowest BCUT2D eigenvalue weighted by molar-refractivity contribution is 0.0619. The second-order valence-corrected chi connectivity index (χ2v) is 5.05. The first-order valence-corrected chi connectivity index (χ1v) is 6.62. The van der Waals surface area contributed by atoms with E-state index in [0.29, 0.717) is 23.6 Å². The van der Waals surface area contributed by atoms with Crippen LogP contribution in [0.2, 0.25) is 0 Å². The minimum Gasteiger partial charge on any atom is -0.378 e. The van der Waals surface area contributed by atoms with E-state index in [1.807, 2.05) is 0 Å². The van der Waals surface area contributed by atoms with Crippen molar-refractivity contribution in [3.05, 3.63) is 23.9 Å². The maximum Gasteiger partial charge on any atom is 0.144 e. The summed E-state index contributed by atoms with van der Waals surface area (Å²) in [5, 5.41) is 12.5. The summed E-state index contributed by atoms with van der Waals surface area (Å²) < 4.78 is 5.76. The van der Waals surface area contributed by atoms with Crippen LogP contribution in [0.15, 0.2) is 18.3 Å². The van der Waals surface area contributed by atoms with Crippen molar-refractivity contribution in [2.24, 2.45) is 5.92 Å². The van der Waals surface area contributed by atoms with Gasteiger partial charge in [0.15, 0.2) is 0 Å². The van der Waals surface area contributed by atoms with Crippen molar-refractivity contribution in [1.82, 2.24) is 4.98 Å². The number of hydrogen-bond donors (Lipinski definition) is 1. The third-order valence-corrected chi connectivity index (χ3v) is 4.03. The number of nitrogens with one attached hydrogen (secondary N) is 1. The molecule has 0 amide bonds. The largest absolute Gasteiger partial charge is 0.378 e. The Labute approximate surface area is 107 Å². The van der Waals surface area contributed by atoms with Gasteiger partial charge < -0.3 is 10.1 Å². The Morgan fingerprint density at radius 2 is 2.33 bits per heavy atom. The van der Waals surface area contributed by atoms with E-state index in [2.05, 4.69) is 16.4 Å². The van der Waals surface area contributed by atoms with Gasteiger partial charge in [0.2, 0.25) is 0 Å². The fourth-order valence-electron chi connectivity index (χ4n) is 3.14. The van der Waals surface area contributed by atoms with E-state index in [1.54, 1.807) is 18.3 Å². The Kier molecular flexibility index (Phi) is 3.16. The molecular formula is C14H17N3O. The van der Waals surface area contributed by atoms with E-state index >= 15 is 0 Å². The second kappa shape index (κ2) is 4.95. The fourth-order valence-corrected chi connectivity index (χ4v) is 3.14. The molecule has 0 spiro atoms. The summed E-state index contributed by atoms with van der Waals surface area (Å²) in [7, 11) is 0. The quantitative estimate of drug-likeness (QED) is 0.866. The van der Waals surface area contributed by atoms with Crippen LogP contribution < -0.4 is 5.32 Å². The van der Waals surface area contributed by atoms with E-state index in [9.17, 15) is 0 Å². The summed E-state index contributed by atoms with van der Waals surface area (Å²) in [6.45, 7) is 0.876. The summed E-state index contributed by atoms with van der Waals surface area (Å²) in [6, 6.07) is 6.19. The van der Waals surface area contributed by atoms with Crippen LogP contribution in [0.25, 0.3) is 0 Å². The topological polar surface area (TPSA) is 57.9 Å². The SMILES string of the molecule is N#Cc1cccnc1N[C@@H]1CCC[C@H]2OCC[C@@H]12. The molecule has 3 rings (SSSR count). The lowest BCUT2D eigenvalue weighted by Gasteiger charge is -2.33. The molecule has 1 aromatic rings. The Bertz CT molecular complexity index is 468. The number of aromatic nitrogens is 1. The number of anilines is 1. The van der Waals surface area contributed by atoms with Crippen molar-refractivity contribution < 1.29 is 4.74 Å². The van der Waals surface area contributed by atoms with Crippen LogP contribution in [0.5, 0.6) is 0 Å². The highest BCUT2D eigenvalue weighted by Gasteiger charge is 2.37. The van der Waals surface area contributed by atoms with Gasteiger partial charge in [0.05, 0.1) is 11.7 Å². The highest BCUT2D eigenvalue weighted by atomic mass is 16.5. The Hall–Kier alpha value is -1.60. The van der Waals surface area contributed by atoms with Gasteiger partial charge in [0.1, 0.15) is 11.9 Å². The molecule has 0 bridgehead atoms. The molecular weight excluding hydrogens is 226 g/mol. The Balaban J connectivity index is 1.77. The van der Waals surface area contributed by atoms with Crippen molar-refractivity contribution in [1.29, 1.82) is 5.26 Å². The molecule has 1 saturated heterocycles. The number of pyridine rings is 1. The van der Waals surface area contributed by atoms with E-state index in [4.69, 9.17) is 10.00 Å². The molecule has 2 heterocycles. The lowest BCUT2D eigenvalue weighted by atomic mass is 9.82. The van der Waals surface area contributed by atoms with Gasteiger partial charge in [0.25, 0.3) is 0 Å². The number of nitriles is 1. The standard InChI is InChI=1S/C14H17N3O/c15-9-10-3-2-7-16-14(10)17-12-4-1-5-13-11(12)6-8-18-13/h2-3,7,11-13H,1,4-6,8H2,(H,16,17)/t11-,12+,13+/m0/s1. The summed E-state index contributed by atoms with van der Waals surface area (Å²) in [5.41, 5.74) is 0.624. The Morgan fingerprint density at radius 3 is 3.22 bits per heavy atom. The van der Waals surface area contributed by atoms with Gasteiger partial charge in [-0.15, -0.1) is 0 Å². The van der Waals surface area contributed by atoms with Crippen molar-refractivity contribution in [2.75, 3.05) is 11.9 Å². The summed E-state index contributed by atoms with van der Waals surface area (Å²) >= 11 is 0. The van der Waals surface area contributed by atoms with Crippen molar-refractivity contribution in [3.8, 4) is 6.07 Å². The van der Waals surface area contributed by atoms with Crippen LogP contribution in [-0.4, -0.2) is 23.7 Å². The minimum absolute atomic E-state index is 0.397. The van der Waals surface area contributed by atoms with Crippen LogP contribution >= 0.6 is 0 Å². The Morgan fingerprint density at radius 1 is 1.39 bits per heavy atom. The van der Waals surface area contributed by atoms with Crippen molar-refractivity contribution in [3.63, 3.8) is 0 Å². The normalized spacial score (nSPS) is 30.5. The van der Waals surface area contributed by atoms with E-state index in [-0.39, 0.29) is 0 Å². The fraction of sp³-hybridized carbons (Fsp3) is 0.571. The molecule has 1 saturated carbocycles. The molecule has 0 unspecified atom stereocenters. The molecule has 18 heavy (non-hydrogen) atoms. The van der Waals surface area contributed by atoms with E-state index in [1.165, 1.54) is 12.8 Å². The van der Waals surface area contributed by atoms with Gasteiger partial charge in [-0.05, 0) is 37.8 Å². The molecule has 1 aliphatic heterocycles. The van der Waals surface area contributed by atoms with Crippen LogP contribution in [0.1, 0.15) is 31.2 Å². The van der Waals surface area contributed by atoms with Crippen LogP contribution in [-0.2, 0) is 4.74 Å². The molecule has 4 heteroatoms. The molecule has 0 radical (unpaired) electrons. The predicted molar refractivity (Wildman–Crippen MR) is 68.1 cm³/mol. The van der Waals surface area contributed by atoms with Gasteiger partial charge in [0, 0.05) is 24.8 Å². The zero-order valence-corrected chi connectivity index (χ0v) is 10.3. The van der Waals surface area contributed by atoms with Crippen LogP contribution in [0.4, 0.5) is 5.82 Å². The molecule has 1 aliphatic carbocycles. The number of fused-ring (bicyclic) bond motifs is 1. The smallest absolute Gasteiger partial charge is 0.144 e. The molecule has 4 nitrogen and oxygen atoms in total. The number of hydrogen-bond acceptors (Lipinski definition) is 4. The average molecular weight is 243 g/mol. The third kappa shape index (κ3) is 2.06. The second-order valence-electron chi connectivity index (χ2n) is 5.05. The maximum absolute atomic E-state index is 9.08. The molecule has 1 N–H and O–H groups in total. The molecule has 2 fully saturated rings. The van der Waals surface area contributed by atoms with Crippen molar-refractivity contribution >= 4 is 5.82 Å². The van der Waals surface area contributed by atoms with Gasteiger partial charge in [-0.1, -0.05) is 0 Å². The van der Waals surface area contributed by atoms with Gasteiger partial charge in [-0.3, -0.25) is 0 Å². The molecule has 0 aromatic carbocycles. The molecule has 1 aromatic heterocycles. The first-order valence-electron chi connectivity index (χ1n) is 6.62. The molecule has 2 aliphatic rings. The number of rotatable bonds is 2. The first-order chi connectivity index (χ1) is 8.88. The van der Waals surface area contributed by atoms with Crippen LogP contribution in [0.3, 0.4) is 0 Å². The van der Waals surface area contributed by atoms with E-state index < -0.39 is 0 Å².